The molecular weight excluding hydrogens is 772 g/mol. The number of rotatable bonds is 9. The second kappa shape index (κ2) is 13.9. The zero-order valence-electron chi connectivity index (χ0n) is 28.4. The van der Waals surface area contributed by atoms with Crippen LogP contribution in [0.1, 0.15) is 60.1 Å². The molecule has 0 spiro atoms. The minimum absolute atomic E-state index is 0. The molecule has 0 aliphatic carbocycles. The van der Waals surface area contributed by atoms with Gasteiger partial charge in [0.2, 0.25) is 0 Å². The van der Waals surface area contributed by atoms with Crippen LogP contribution in [-0.4, -0.2) is 19.3 Å². The van der Waals surface area contributed by atoms with E-state index in [1.54, 1.807) is 0 Å². The van der Waals surface area contributed by atoms with E-state index in [4.69, 9.17) is 14.8 Å². The van der Waals surface area contributed by atoms with Gasteiger partial charge in [-0.3, -0.25) is 4.68 Å². The fraction of sp³-hybridized carbons (Fsp3) is 0.238. The van der Waals surface area contributed by atoms with Crippen molar-refractivity contribution in [3.05, 3.63) is 131 Å². The Bertz CT molecular complexity index is 2230. The predicted octanol–water partition coefficient (Wildman–Crippen LogP) is 10.6. The molecule has 0 radical (unpaired) electrons. The van der Waals surface area contributed by atoms with Crippen LogP contribution < -0.4 is 4.74 Å². The third kappa shape index (κ3) is 6.01. The molecular formula is C42H40N4OPt. The minimum Gasteiger partial charge on any atom is -0.509 e. The molecule has 0 fully saturated rings. The summed E-state index contributed by atoms with van der Waals surface area (Å²) in [5, 5.41) is 7.08. The first-order chi connectivity index (χ1) is 22.9. The van der Waals surface area contributed by atoms with Crippen molar-refractivity contribution in [2.75, 3.05) is 0 Å². The number of hydrogen-bond donors (Lipinski definition) is 0. The van der Waals surface area contributed by atoms with Crippen molar-refractivity contribution in [3.8, 4) is 34.1 Å². The number of hydrogen-bond acceptors (Lipinski definition) is 3. The molecule has 3 aromatic heterocycles. The molecule has 48 heavy (non-hydrogen) atoms. The van der Waals surface area contributed by atoms with Gasteiger partial charge in [0.1, 0.15) is 5.82 Å². The summed E-state index contributed by atoms with van der Waals surface area (Å²) in [5.41, 5.74) is 13.6. The summed E-state index contributed by atoms with van der Waals surface area (Å²) >= 11 is 0. The van der Waals surface area contributed by atoms with Crippen LogP contribution in [0.5, 0.6) is 11.5 Å². The number of aryl methyl sites for hydroxylation is 1. The van der Waals surface area contributed by atoms with Crippen LogP contribution in [0.15, 0.2) is 85.3 Å². The quantitative estimate of drug-likeness (QED) is 0.136. The fourth-order valence-corrected chi connectivity index (χ4v) is 6.91. The molecule has 5 nitrogen and oxygen atoms in total. The van der Waals surface area contributed by atoms with Gasteiger partial charge in [-0.05, 0) is 109 Å². The van der Waals surface area contributed by atoms with Gasteiger partial charge in [0.15, 0.2) is 0 Å². The van der Waals surface area contributed by atoms with E-state index in [0.29, 0.717) is 11.5 Å². The summed E-state index contributed by atoms with van der Waals surface area (Å²) < 4.78 is 10.5. The number of benzene rings is 4. The Morgan fingerprint density at radius 1 is 0.750 bits per heavy atom. The molecule has 4 aromatic carbocycles. The number of pyridine rings is 1. The monoisotopic (exact) mass is 811 g/mol. The Labute approximate surface area is 297 Å². The van der Waals surface area contributed by atoms with E-state index in [-0.39, 0.29) is 21.1 Å². The average molecular weight is 812 g/mol. The van der Waals surface area contributed by atoms with Crippen molar-refractivity contribution in [1.29, 1.82) is 0 Å². The Morgan fingerprint density at radius 2 is 1.48 bits per heavy atom. The Morgan fingerprint density at radius 3 is 2.21 bits per heavy atom. The Kier molecular flexibility index (Phi) is 9.71. The summed E-state index contributed by atoms with van der Waals surface area (Å²) in [4.78, 5) is 4.70. The number of fused-ring (bicyclic) bond motifs is 3. The Hall–Kier alpha value is -4.47. The fourth-order valence-electron chi connectivity index (χ4n) is 6.91. The predicted molar refractivity (Wildman–Crippen MR) is 192 cm³/mol. The summed E-state index contributed by atoms with van der Waals surface area (Å²) in [7, 11) is 0. The van der Waals surface area contributed by atoms with Crippen LogP contribution in [-0.2, 0) is 33.9 Å². The molecule has 0 N–H and O–H groups in total. The van der Waals surface area contributed by atoms with Crippen molar-refractivity contribution in [1.82, 2.24) is 19.3 Å². The number of aromatic nitrogens is 4. The number of ether oxygens (including phenoxy) is 1. The van der Waals surface area contributed by atoms with Crippen molar-refractivity contribution >= 4 is 21.8 Å². The standard InChI is InChI=1S/C42H40N4O.Pt/c1-7-12-35-29(5)28(4)30(6)36(13-8-2)42(35)31-25-44-45(26-31)32-14-11-15-33(23-32)47-34-18-19-38-37-16-9-10-17-39(37)46(40(38)24-34)41-22-27(3)20-21-43-41;/h9-11,14-22,25-26H,7-8,12-13H2,1-6H3;/q-2;+2. The first-order valence-electron chi connectivity index (χ1n) is 16.6. The average Bonchev–Trinajstić information content (AvgIpc) is 3.69. The van der Waals surface area contributed by atoms with Crippen molar-refractivity contribution in [3.63, 3.8) is 0 Å². The van der Waals surface area contributed by atoms with Gasteiger partial charge in [-0.2, -0.15) is 17.2 Å². The van der Waals surface area contributed by atoms with Gasteiger partial charge in [0.05, 0.1) is 6.20 Å². The summed E-state index contributed by atoms with van der Waals surface area (Å²) in [6.07, 6.45) is 10.3. The smallest absolute Gasteiger partial charge is 0.509 e. The minimum atomic E-state index is 0. The molecule has 0 bridgehead atoms. The van der Waals surface area contributed by atoms with E-state index in [2.05, 4.69) is 101 Å². The topological polar surface area (TPSA) is 44.9 Å². The molecule has 244 valence electrons. The maximum atomic E-state index is 6.41. The molecule has 0 aliphatic rings. The first kappa shape index (κ1) is 33.4. The maximum absolute atomic E-state index is 6.41. The van der Waals surface area contributed by atoms with Gasteiger partial charge in [-0.15, -0.1) is 35.7 Å². The summed E-state index contributed by atoms with van der Waals surface area (Å²) in [6.45, 7) is 13.4. The van der Waals surface area contributed by atoms with Gasteiger partial charge in [0, 0.05) is 35.0 Å². The third-order valence-corrected chi connectivity index (χ3v) is 9.41. The SMILES string of the molecule is CCCc1c(C)c(C)c(C)c(CCC)c1-c1cnn(-c2[c-]c(Oc3[c-]c4c(cc3)c3ccccc3n4-c3cc(C)ccn3)ccc2)c1.[Pt+2]. The number of nitrogens with zero attached hydrogens (tertiary/aromatic N) is 4. The largest absolute Gasteiger partial charge is 2.00 e. The van der Waals surface area contributed by atoms with Crippen molar-refractivity contribution in [2.24, 2.45) is 0 Å². The molecule has 0 atom stereocenters. The number of para-hydroxylation sites is 1. The van der Waals surface area contributed by atoms with Crippen LogP contribution in [0, 0.1) is 39.8 Å². The van der Waals surface area contributed by atoms with E-state index < -0.39 is 0 Å². The van der Waals surface area contributed by atoms with E-state index in [9.17, 15) is 0 Å². The zero-order valence-corrected chi connectivity index (χ0v) is 30.7. The molecule has 0 saturated heterocycles. The maximum Gasteiger partial charge on any atom is 2.00 e. The van der Waals surface area contributed by atoms with Crippen molar-refractivity contribution in [2.45, 2.75) is 67.2 Å². The first-order valence-corrected chi connectivity index (χ1v) is 16.6. The molecule has 7 rings (SSSR count). The molecule has 0 saturated carbocycles. The van der Waals surface area contributed by atoms with Crippen LogP contribution >= 0.6 is 0 Å². The molecule has 0 unspecified atom stereocenters. The van der Waals surface area contributed by atoms with Gasteiger partial charge >= 0.3 is 21.1 Å². The van der Waals surface area contributed by atoms with Crippen LogP contribution in [0.25, 0.3) is 44.4 Å². The van der Waals surface area contributed by atoms with E-state index in [1.165, 1.54) is 33.4 Å². The van der Waals surface area contributed by atoms with E-state index >= 15 is 0 Å². The van der Waals surface area contributed by atoms with Crippen molar-refractivity contribution < 1.29 is 25.8 Å². The van der Waals surface area contributed by atoms with Crippen LogP contribution in [0.2, 0.25) is 0 Å². The van der Waals surface area contributed by atoms with Gasteiger partial charge in [-0.1, -0.05) is 50.4 Å². The second-order valence-electron chi connectivity index (χ2n) is 12.5. The Balaban J connectivity index is 0.00000401. The molecule has 0 aliphatic heterocycles. The summed E-state index contributed by atoms with van der Waals surface area (Å²) in [6, 6.07) is 29.5. The second-order valence-corrected chi connectivity index (χ2v) is 12.5. The normalized spacial score (nSPS) is 11.3. The van der Waals surface area contributed by atoms with Crippen LogP contribution in [0.3, 0.4) is 0 Å². The zero-order chi connectivity index (χ0) is 32.7. The summed E-state index contributed by atoms with van der Waals surface area (Å²) in [5.74, 6) is 2.07. The molecule has 7 aromatic rings. The van der Waals surface area contributed by atoms with Crippen LogP contribution in [0.4, 0.5) is 0 Å². The van der Waals surface area contributed by atoms with Gasteiger partial charge in [-0.25, -0.2) is 4.98 Å². The molecule has 0 amide bonds. The van der Waals surface area contributed by atoms with E-state index in [1.807, 2.05) is 47.4 Å². The van der Waals surface area contributed by atoms with Gasteiger partial charge in [0.25, 0.3) is 0 Å². The molecule has 6 heteroatoms. The third-order valence-electron chi connectivity index (χ3n) is 9.41. The molecule has 3 heterocycles. The van der Waals surface area contributed by atoms with E-state index in [0.717, 1.165) is 70.1 Å². The van der Waals surface area contributed by atoms with Gasteiger partial charge < -0.3 is 9.30 Å².